The molecule has 5 heteroatoms. The molecule has 0 radical (unpaired) electrons. The summed E-state index contributed by atoms with van der Waals surface area (Å²) in [5.41, 5.74) is 0. The van der Waals surface area contributed by atoms with Gasteiger partial charge in [-0.05, 0) is 18.9 Å². The highest BCUT2D eigenvalue weighted by Gasteiger charge is 2.28. The molecule has 15 heavy (non-hydrogen) atoms. The lowest BCUT2D eigenvalue weighted by Crippen LogP contribution is -2.42. The van der Waals surface area contributed by atoms with Crippen molar-refractivity contribution in [2.45, 2.75) is 25.9 Å². The predicted molar refractivity (Wildman–Crippen MR) is 53.9 cm³/mol. The molecule has 2 N–H and O–H groups in total. The van der Waals surface area contributed by atoms with Crippen LogP contribution < -0.4 is 10.6 Å². The lowest BCUT2D eigenvalue weighted by atomic mass is 10.0. The van der Waals surface area contributed by atoms with Gasteiger partial charge in [-0.1, -0.05) is 12.1 Å². The summed E-state index contributed by atoms with van der Waals surface area (Å²) in [4.78, 5) is 11.7. The van der Waals surface area contributed by atoms with Crippen molar-refractivity contribution >= 4 is 5.91 Å². The second kappa shape index (κ2) is 4.44. The van der Waals surface area contributed by atoms with E-state index in [4.69, 9.17) is 4.52 Å². The summed E-state index contributed by atoms with van der Waals surface area (Å²) >= 11 is 0. The first-order valence-electron chi connectivity index (χ1n) is 5.18. The molecule has 1 amide bonds. The summed E-state index contributed by atoms with van der Waals surface area (Å²) in [5, 5.41) is 9.57. The van der Waals surface area contributed by atoms with E-state index >= 15 is 0 Å². The van der Waals surface area contributed by atoms with Crippen LogP contribution in [0.4, 0.5) is 0 Å². The molecule has 0 bridgehead atoms. The highest BCUT2D eigenvalue weighted by atomic mass is 16.5. The third-order valence-electron chi connectivity index (χ3n) is 2.74. The van der Waals surface area contributed by atoms with Crippen molar-refractivity contribution < 1.29 is 9.32 Å². The van der Waals surface area contributed by atoms with E-state index in [0.29, 0.717) is 18.2 Å². The first-order chi connectivity index (χ1) is 7.27. The van der Waals surface area contributed by atoms with E-state index in [-0.39, 0.29) is 11.9 Å². The van der Waals surface area contributed by atoms with Gasteiger partial charge in [0.1, 0.15) is 0 Å². The van der Waals surface area contributed by atoms with Crippen LogP contribution in [0.3, 0.4) is 0 Å². The van der Waals surface area contributed by atoms with E-state index in [1.807, 2.05) is 0 Å². The topological polar surface area (TPSA) is 67.2 Å². The molecule has 2 atom stereocenters. The van der Waals surface area contributed by atoms with E-state index < -0.39 is 0 Å². The molecule has 0 aliphatic carbocycles. The van der Waals surface area contributed by atoms with Crippen molar-refractivity contribution in [2.75, 3.05) is 6.54 Å². The maximum atomic E-state index is 11.7. The minimum Gasteiger partial charge on any atom is -0.360 e. The van der Waals surface area contributed by atoms with Gasteiger partial charge >= 0.3 is 0 Å². The van der Waals surface area contributed by atoms with Crippen LogP contribution in [-0.4, -0.2) is 23.7 Å². The Balaban J connectivity index is 1.82. The van der Waals surface area contributed by atoms with E-state index in [1.54, 1.807) is 12.3 Å². The molecule has 1 saturated heterocycles. The fourth-order valence-electron chi connectivity index (χ4n) is 1.80. The van der Waals surface area contributed by atoms with E-state index in [2.05, 4.69) is 22.7 Å². The molecule has 0 saturated carbocycles. The fraction of sp³-hybridized carbons (Fsp3) is 0.600. The average molecular weight is 209 g/mol. The minimum absolute atomic E-state index is 0.0383. The maximum Gasteiger partial charge on any atom is 0.237 e. The quantitative estimate of drug-likeness (QED) is 0.750. The van der Waals surface area contributed by atoms with Crippen LogP contribution in [0.15, 0.2) is 16.8 Å². The van der Waals surface area contributed by atoms with Gasteiger partial charge in [0.25, 0.3) is 0 Å². The molecule has 1 fully saturated rings. The molecule has 1 aromatic heterocycles. The van der Waals surface area contributed by atoms with Gasteiger partial charge in [-0.25, -0.2) is 0 Å². The van der Waals surface area contributed by atoms with Gasteiger partial charge in [0.05, 0.1) is 18.8 Å². The van der Waals surface area contributed by atoms with Gasteiger partial charge in [0, 0.05) is 6.07 Å². The Bertz CT molecular complexity index is 323. The zero-order chi connectivity index (χ0) is 10.7. The van der Waals surface area contributed by atoms with E-state index in [9.17, 15) is 4.79 Å². The van der Waals surface area contributed by atoms with Crippen LogP contribution in [0.2, 0.25) is 0 Å². The Kier molecular flexibility index (Phi) is 3.01. The van der Waals surface area contributed by atoms with Crippen molar-refractivity contribution in [2.24, 2.45) is 5.92 Å². The summed E-state index contributed by atoms with van der Waals surface area (Å²) in [6.07, 6.45) is 2.62. The molecule has 2 rings (SSSR count). The number of nitrogens with one attached hydrogen (secondary N) is 2. The van der Waals surface area contributed by atoms with Gasteiger partial charge in [0.2, 0.25) is 5.91 Å². The summed E-state index contributed by atoms with van der Waals surface area (Å²) in [5.74, 6) is 1.12. The highest BCUT2D eigenvalue weighted by Crippen LogP contribution is 2.14. The molecule has 1 aliphatic heterocycles. The minimum atomic E-state index is -0.0621. The smallest absolute Gasteiger partial charge is 0.237 e. The molecule has 1 aliphatic rings. The van der Waals surface area contributed by atoms with Crippen molar-refractivity contribution in [1.82, 2.24) is 15.8 Å². The zero-order valence-electron chi connectivity index (χ0n) is 8.69. The van der Waals surface area contributed by atoms with Gasteiger partial charge in [-0.15, -0.1) is 0 Å². The normalized spacial score (nSPS) is 25.4. The third-order valence-corrected chi connectivity index (χ3v) is 2.74. The van der Waals surface area contributed by atoms with Crippen LogP contribution in [0.25, 0.3) is 0 Å². The first kappa shape index (κ1) is 10.2. The number of aromatic nitrogens is 1. The lowest BCUT2D eigenvalue weighted by molar-refractivity contribution is -0.123. The molecule has 5 nitrogen and oxygen atoms in total. The van der Waals surface area contributed by atoms with Crippen molar-refractivity contribution in [1.29, 1.82) is 0 Å². The fourth-order valence-corrected chi connectivity index (χ4v) is 1.80. The molecule has 1 aromatic rings. The standard InChI is InChI=1S/C10H15N3O2/c1-7-2-4-11-9(7)10(14)12-6-8-3-5-13-15-8/h3,5,7,9,11H,2,4,6H2,1H3,(H,12,14). The Morgan fingerprint density at radius 3 is 3.27 bits per heavy atom. The summed E-state index contributed by atoms with van der Waals surface area (Å²) in [7, 11) is 0. The number of rotatable bonds is 3. The largest absolute Gasteiger partial charge is 0.360 e. The van der Waals surface area contributed by atoms with Crippen molar-refractivity contribution in [3.05, 3.63) is 18.0 Å². The van der Waals surface area contributed by atoms with Crippen LogP contribution in [0, 0.1) is 5.92 Å². The van der Waals surface area contributed by atoms with Gasteiger partial charge in [-0.3, -0.25) is 4.79 Å². The molecular weight excluding hydrogens is 194 g/mol. The summed E-state index contributed by atoms with van der Waals surface area (Å²) in [6.45, 7) is 3.41. The van der Waals surface area contributed by atoms with Gasteiger partial charge in [-0.2, -0.15) is 0 Å². The summed E-state index contributed by atoms with van der Waals surface area (Å²) < 4.78 is 4.89. The third kappa shape index (κ3) is 2.36. The van der Waals surface area contributed by atoms with Crippen molar-refractivity contribution in [3.8, 4) is 0 Å². The van der Waals surface area contributed by atoms with Gasteiger partial charge < -0.3 is 15.2 Å². The molecule has 0 aromatic carbocycles. The second-order valence-electron chi connectivity index (χ2n) is 3.89. The first-order valence-corrected chi connectivity index (χ1v) is 5.18. The monoisotopic (exact) mass is 209 g/mol. The molecule has 82 valence electrons. The Labute approximate surface area is 88.2 Å². The van der Waals surface area contributed by atoms with Crippen LogP contribution >= 0.6 is 0 Å². The maximum absolute atomic E-state index is 11.7. The zero-order valence-corrected chi connectivity index (χ0v) is 8.69. The Hall–Kier alpha value is -1.36. The van der Waals surface area contributed by atoms with Crippen LogP contribution in [0.1, 0.15) is 19.1 Å². The van der Waals surface area contributed by atoms with Crippen molar-refractivity contribution in [3.63, 3.8) is 0 Å². The highest BCUT2D eigenvalue weighted by molar-refractivity contribution is 5.82. The number of carbonyl (C=O) groups excluding carboxylic acids is 1. The average Bonchev–Trinajstić information content (AvgIpc) is 2.84. The number of amides is 1. The van der Waals surface area contributed by atoms with Crippen LogP contribution in [-0.2, 0) is 11.3 Å². The second-order valence-corrected chi connectivity index (χ2v) is 3.89. The van der Waals surface area contributed by atoms with Crippen LogP contribution in [0.5, 0.6) is 0 Å². The summed E-state index contributed by atoms with van der Waals surface area (Å²) in [6, 6.07) is 1.68. The Morgan fingerprint density at radius 2 is 2.67 bits per heavy atom. The number of nitrogens with zero attached hydrogens (tertiary/aromatic N) is 1. The Morgan fingerprint density at radius 1 is 1.80 bits per heavy atom. The molecule has 0 spiro atoms. The van der Waals surface area contributed by atoms with Gasteiger partial charge in [0.15, 0.2) is 5.76 Å². The van der Waals surface area contributed by atoms with E-state index in [0.717, 1.165) is 13.0 Å². The molecule has 2 unspecified atom stereocenters. The van der Waals surface area contributed by atoms with E-state index in [1.165, 1.54) is 0 Å². The SMILES string of the molecule is CC1CCNC1C(=O)NCc1ccno1. The number of hydrogen-bond donors (Lipinski definition) is 2. The molecule has 2 heterocycles. The lowest BCUT2D eigenvalue weighted by Gasteiger charge is -2.14. The molecular formula is C10H15N3O2. The number of carbonyl (C=O) groups is 1. The predicted octanol–water partition coefficient (Wildman–Crippen LogP) is 0.289. The number of hydrogen-bond acceptors (Lipinski definition) is 4.